The van der Waals surface area contributed by atoms with Gasteiger partial charge in [-0.25, -0.2) is 0 Å². The molecule has 1 aliphatic carbocycles. The third-order valence-corrected chi connectivity index (χ3v) is 6.35. The molecule has 3 atom stereocenters. The molecule has 0 unspecified atom stereocenters. The van der Waals surface area contributed by atoms with Gasteiger partial charge in [0, 0.05) is 0 Å². The average Bonchev–Trinajstić information content (AvgIpc) is 2.80. The molecule has 2 fully saturated rings. The van der Waals surface area contributed by atoms with Gasteiger partial charge in [-0.15, -0.1) is 0 Å². The molecule has 3 rings (SSSR count). The fraction of sp³-hybridized carbons (Fsp3) is 0.600. The van der Waals surface area contributed by atoms with Crippen LogP contribution in [0.5, 0.6) is 0 Å². The van der Waals surface area contributed by atoms with Gasteiger partial charge >= 0.3 is 110 Å². The van der Waals surface area contributed by atoms with Crippen LogP contribution >= 0.6 is 0 Å². The third kappa shape index (κ3) is 2.93. The van der Waals surface area contributed by atoms with E-state index in [4.69, 9.17) is 4.74 Å². The summed E-state index contributed by atoms with van der Waals surface area (Å²) in [6.45, 7) is 0. The van der Waals surface area contributed by atoms with Crippen LogP contribution < -0.4 is 4.46 Å². The molecular weight excluding hydrogens is 275 g/mol. The van der Waals surface area contributed by atoms with Crippen molar-refractivity contribution in [3.63, 3.8) is 0 Å². The molecule has 0 aromatic heterocycles. The summed E-state index contributed by atoms with van der Waals surface area (Å²) < 4.78 is 7.72. The first kappa shape index (κ1) is 11.8. The second-order valence-corrected chi connectivity index (χ2v) is 7.49. The molecule has 0 amide bonds. The monoisotopic (exact) mass is 296 g/mol. The van der Waals surface area contributed by atoms with Gasteiger partial charge in [0.2, 0.25) is 0 Å². The van der Waals surface area contributed by atoms with E-state index in [9.17, 15) is 0 Å². The van der Waals surface area contributed by atoms with E-state index in [1.54, 1.807) is 0 Å². The van der Waals surface area contributed by atoms with Crippen LogP contribution in [-0.4, -0.2) is 27.2 Å². The summed E-state index contributed by atoms with van der Waals surface area (Å²) in [6, 6.07) is 10.9. The molecule has 2 heteroatoms. The van der Waals surface area contributed by atoms with Crippen molar-refractivity contribution in [2.24, 2.45) is 5.92 Å². The van der Waals surface area contributed by atoms with E-state index < -0.39 is 0 Å². The van der Waals surface area contributed by atoms with Crippen molar-refractivity contribution >= 4 is 19.4 Å². The molecule has 92 valence electrons. The Balaban J connectivity index is 1.50. The molecule has 2 aliphatic rings. The predicted octanol–water partition coefficient (Wildman–Crippen LogP) is 2.78. The molecule has 1 heterocycles. The van der Waals surface area contributed by atoms with E-state index in [0.717, 1.165) is 5.92 Å². The quantitative estimate of drug-likeness (QED) is 0.779. The van der Waals surface area contributed by atoms with Crippen LogP contribution in [0.3, 0.4) is 0 Å². The van der Waals surface area contributed by atoms with Gasteiger partial charge in [-0.3, -0.25) is 0 Å². The van der Waals surface area contributed by atoms with Crippen molar-refractivity contribution in [2.45, 2.75) is 49.6 Å². The molecule has 0 N–H and O–H groups in total. The van der Waals surface area contributed by atoms with Crippen molar-refractivity contribution in [1.82, 2.24) is 0 Å². The second-order valence-electron chi connectivity index (χ2n) is 5.20. The minimum absolute atomic E-state index is 0.559. The summed E-state index contributed by atoms with van der Waals surface area (Å²) in [4.78, 5) is 0. The normalized spacial score (nSPS) is 32.4. The molecule has 1 aromatic carbocycles. The van der Waals surface area contributed by atoms with E-state index in [1.165, 1.54) is 41.9 Å². The van der Waals surface area contributed by atoms with Crippen LogP contribution in [-0.2, 0) is 4.74 Å². The van der Waals surface area contributed by atoms with E-state index in [-0.39, 0.29) is 0 Å². The Kier molecular flexibility index (Phi) is 3.85. The molecule has 17 heavy (non-hydrogen) atoms. The number of ether oxygens (including phenoxy) is 1. The van der Waals surface area contributed by atoms with Crippen LogP contribution in [0, 0.1) is 5.92 Å². The van der Waals surface area contributed by atoms with Gasteiger partial charge in [-0.2, -0.15) is 0 Å². The van der Waals surface area contributed by atoms with E-state index in [1.807, 2.05) is 0 Å². The summed E-state index contributed by atoms with van der Waals surface area (Å²) in [5.74, 6) is 0.889. The zero-order chi connectivity index (χ0) is 11.5. The molecule has 1 saturated carbocycles. The molecule has 0 radical (unpaired) electrons. The van der Waals surface area contributed by atoms with Crippen LogP contribution in [0.2, 0.25) is 5.32 Å². The van der Waals surface area contributed by atoms with Crippen molar-refractivity contribution in [3.8, 4) is 0 Å². The maximum atomic E-state index is 6.20. The number of hydrogen-bond donors (Lipinski definition) is 0. The Morgan fingerprint density at radius 3 is 2.76 bits per heavy atom. The van der Waals surface area contributed by atoms with E-state index in [0.29, 0.717) is 27.2 Å². The van der Waals surface area contributed by atoms with Gasteiger partial charge in [0.05, 0.1) is 0 Å². The van der Waals surface area contributed by atoms with Gasteiger partial charge < -0.3 is 0 Å². The zero-order valence-electron chi connectivity index (χ0n) is 10.2. The summed E-state index contributed by atoms with van der Waals surface area (Å²) in [7, 11) is 0. The molecule has 0 spiro atoms. The minimum atomic E-state index is 0.559. The predicted molar refractivity (Wildman–Crippen MR) is 71.9 cm³/mol. The van der Waals surface area contributed by atoms with Crippen molar-refractivity contribution in [1.29, 1.82) is 0 Å². The third-order valence-electron chi connectivity index (χ3n) is 3.95. The Labute approximate surface area is 110 Å². The first-order valence-corrected chi connectivity index (χ1v) is 8.82. The standard InChI is InChI=1S/C15H20OSe/c1-2-7-14(8-3-1)17-11-13-10-12-6-4-5-9-15(12)16-13/h1-3,7-8,12-13,15H,4-6,9-11H2/t12-,13-,15+/m1/s1. The topological polar surface area (TPSA) is 9.23 Å². The Morgan fingerprint density at radius 2 is 1.94 bits per heavy atom. The van der Waals surface area contributed by atoms with Crippen LogP contribution in [0.15, 0.2) is 30.3 Å². The molecule has 1 aromatic rings. The summed E-state index contributed by atoms with van der Waals surface area (Å²) in [5.41, 5.74) is 0. The van der Waals surface area contributed by atoms with Gasteiger partial charge in [-0.1, -0.05) is 0 Å². The Hall–Kier alpha value is -0.301. The first-order valence-electron chi connectivity index (χ1n) is 6.75. The molecular formula is C15H20OSe. The van der Waals surface area contributed by atoms with Crippen molar-refractivity contribution in [2.75, 3.05) is 0 Å². The fourth-order valence-electron chi connectivity index (χ4n) is 3.08. The molecule has 1 nitrogen and oxygen atoms in total. The number of benzene rings is 1. The number of rotatable bonds is 3. The van der Waals surface area contributed by atoms with Crippen LogP contribution in [0.1, 0.15) is 32.1 Å². The summed E-state index contributed by atoms with van der Waals surface area (Å²) in [5, 5.41) is 1.27. The fourth-order valence-corrected chi connectivity index (χ4v) is 5.05. The van der Waals surface area contributed by atoms with Crippen LogP contribution in [0.4, 0.5) is 0 Å². The SMILES string of the molecule is c1ccc([Se]C[C@H]2C[C@H]3CCCC[C@@H]3O2)cc1. The first-order chi connectivity index (χ1) is 8.42. The van der Waals surface area contributed by atoms with Gasteiger partial charge in [-0.05, 0) is 0 Å². The molecule has 1 saturated heterocycles. The second kappa shape index (κ2) is 5.56. The van der Waals surface area contributed by atoms with Gasteiger partial charge in [0.1, 0.15) is 0 Å². The van der Waals surface area contributed by atoms with E-state index >= 15 is 0 Å². The Morgan fingerprint density at radius 1 is 1.12 bits per heavy atom. The van der Waals surface area contributed by atoms with Gasteiger partial charge in [0.25, 0.3) is 0 Å². The summed E-state index contributed by atoms with van der Waals surface area (Å²) >= 11 is 0.597. The molecule has 0 bridgehead atoms. The maximum absolute atomic E-state index is 6.20. The van der Waals surface area contributed by atoms with Crippen molar-refractivity contribution < 1.29 is 4.74 Å². The number of hydrogen-bond acceptors (Lipinski definition) is 1. The van der Waals surface area contributed by atoms with Crippen LogP contribution in [0.25, 0.3) is 0 Å². The zero-order valence-corrected chi connectivity index (χ0v) is 11.9. The van der Waals surface area contributed by atoms with Crippen molar-refractivity contribution in [3.05, 3.63) is 30.3 Å². The van der Waals surface area contributed by atoms with E-state index in [2.05, 4.69) is 30.3 Å². The summed E-state index contributed by atoms with van der Waals surface area (Å²) in [6.07, 6.45) is 8.06. The van der Waals surface area contributed by atoms with Gasteiger partial charge in [0.15, 0.2) is 0 Å². The Bertz CT molecular complexity index is 337. The number of fused-ring (bicyclic) bond motifs is 1. The molecule has 1 aliphatic heterocycles. The average molecular weight is 295 g/mol.